The molecule has 0 aliphatic heterocycles. The fraction of sp³-hybridized carbons (Fsp3) is 0.533. The molecule has 0 aromatic carbocycles. The Bertz CT molecular complexity index is 650. The van der Waals surface area contributed by atoms with E-state index in [9.17, 15) is 4.79 Å². The molecule has 0 aliphatic carbocycles. The maximum atomic E-state index is 12.1. The standard InChI is InChI=1S/C15H21N3O2S/c1-8(2)6-16-13-11-10(5)12(15(19)20-9(3)4)21-14(11)18-7-17-13/h7-9H,6H2,1-5H3,(H,16,17,18). The van der Waals surface area contributed by atoms with Crippen molar-refractivity contribution in [1.29, 1.82) is 0 Å². The smallest absolute Gasteiger partial charge is 0.348 e. The van der Waals surface area contributed by atoms with Crippen LogP contribution >= 0.6 is 11.3 Å². The SMILES string of the molecule is Cc1c(C(=O)OC(C)C)sc2ncnc(NCC(C)C)c12. The molecule has 2 aromatic heterocycles. The number of carbonyl (C=O) groups excluding carboxylic acids is 1. The minimum Gasteiger partial charge on any atom is -0.459 e. The van der Waals surface area contributed by atoms with Crippen LogP contribution < -0.4 is 5.32 Å². The zero-order chi connectivity index (χ0) is 15.6. The van der Waals surface area contributed by atoms with Gasteiger partial charge in [0.2, 0.25) is 0 Å². The Kier molecular flexibility index (Phi) is 4.77. The summed E-state index contributed by atoms with van der Waals surface area (Å²) in [6.45, 7) is 10.7. The van der Waals surface area contributed by atoms with E-state index in [1.807, 2.05) is 20.8 Å². The maximum absolute atomic E-state index is 12.1. The quantitative estimate of drug-likeness (QED) is 0.854. The molecular weight excluding hydrogens is 286 g/mol. The highest BCUT2D eigenvalue weighted by Gasteiger charge is 2.21. The molecule has 6 heteroatoms. The van der Waals surface area contributed by atoms with Gasteiger partial charge in [0.25, 0.3) is 0 Å². The molecule has 2 heterocycles. The monoisotopic (exact) mass is 307 g/mol. The number of rotatable bonds is 5. The van der Waals surface area contributed by atoms with Gasteiger partial charge in [-0.05, 0) is 32.3 Å². The second-order valence-electron chi connectivity index (χ2n) is 5.69. The van der Waals surface area contributed by atoms with Crippen LogP contribution in [0, 0.1) is 12.8 Å². The van der Waals surface area contributed by atoms with Crippen molar-refractivity contribution in [3.63, 3.8) is 0 Å². The van der Waals surface area contributed by atoms with E-state index < -0.39 is 0 Å². The third-order valence-electron chi connectivity index (χ3n) is 2.93. The number of carbonyl (C=O) groups is 1. The topological polar surface area (TPSA) is 64.1 Å². The summed E-state index contributed by atoms with van der Waals surface area (Å²) in [5, 5.41) is 4.24. The summed E-state index contributed by atoms with van der Waals surface area (Å²) in [6, 6.07) is 0. The van der Waals surface area contributed by atoms with Gasteiger partial charge in [-0.15, -0.1) is 11.3 Å². The van der Waals surface area contributed by atoms with E-state index in [1.54, 1.807) is 0 Å². The van der Waals surface area contributed by atoms with E-state index in [1.165, 1.54) is 17.7 Å². The molecule has 0 radical (unpaired) electrons. The lowest BCUT2D eigenvalue weighted by molar-refractivity contribution is 0.0383. The first-order valence-corrected chi connectivity index (χ1v) is 7.90. The van der Waals surface area contributed by atoms with Crippen LogP contribution in [0.15, 0.2) is 6.33 Å². The number of fused-ring (bicyclic) bond motifs is 1. The van der Waals surface area contributed by atoms with Gasteiger partial charge in [0, 0.05) is 6.54 Å². The van der Waals surface area contributed by atoms with Crippen molar-refractivity contribution in [3.05, 3.63) is 16.8 Å². The molecule has 0 atom stereocenters. The fourth-order valence-corrected chi connectivity index (χ4v) is 3.00. The number of anilines is 1. The molecule has 0 saturated heterocycles. The van der Waals surface area contributed by atoms with Gasteiger partial charge in [0.05, 0.1) is 11.5 Å². The molecule has 0 saturated carbocycles. The lowest BCUT2D eigenvalue weighted by atomic mass is 10.2. The van der Waals surface area contributed by atoms with Crippen LogP contribution in [0.3, 0.4) is 0 Å². The van der Waals surface area contributed by atoms with Gasteiger partial charge in [0.1, 0.15) is 21.9 Å². The number of aromatic nitrogens is 2. The molecule has 0 bridgehead atoms. The van der Waals surface area contributed by atoms with Gasteiger partial charge in [-0.25, -0.2) is 14.8 Å². The third-order valence-corrected chi connectivity index (χ3v) is 4.11. The Morgan fingerprint density at radius 3 is 2.67 bits per heavy atom. The van der Waals surface area contributed by atoms with E-state index in [4.69, 9.17) is 4.74 Å². The largest absolute Gasteiger partial charge is 0.459 e. The van der Waals surface area contributed by atoms with Gasteiger partial charge in [-0.1, -0.05) is 13.8 Å². The lowest BCUT2D eigenvalue weighted by Crippen LogP contribution is -2.11. The highest BCUT2D eigenvalue weighted by molar-refractivity contribution is 7.20. The van der Waals surface area contributed by atoms with E-state index in [0.29, 0.717) is 10.8 Å². The molecule has 0 unspecified atom stereocenters. The fourth-order valence-electron chi connectivity index (χ4n) is 1.97. The maximum Gasteiger partial charge on any atom is 0.348 e. The van der Waals surface area contributed by atoms with E-state index in [2.05, 4.69) is 29.1 Å². The molecule has 114 valence electrons. The van der Waals surface area contributed by atoms with Crippen LogP contribution in [0.4, 0.5) is 5.82 Å². The molecule has 2 rings (SSSR count). The van der Waals surface area contributed by atoms with Crippen molar-refractivity contribution in [3.8, 4) is 0 Å². The van der Waals surface area contributed by atoms with Crippen molar-refractivity contribution >= 4 is 33.3 Å². The summed E-state index contributed by atoms with van der Waals surface area (Å²) < 4.78 is 5.29. The number of nitrogens with zero attached hydrogens (tertiary/aromatic N) is 2. The molecule has 0 amide bonds. The van der Waals surface area contributed by atoms with Gasteiger partial charge >= 0.3 is 5.97 Å². The molecule has 5 nitrogen and oxygen atoms in total. The minimum absolute atomic E-state index is 0.133. The normalized spacial score (nSPS) is 11.4. The number of esters is 1. The van der Waals surface area contributed by atoms with Crippen molar-refractivity contribution in [2.45, 2.75) is 40.7 Å². The van der Waals surface area contributed by atoms with Crippen molar-refractivity contribution in [2.24, 2.45) is 5.92 Å². The zero-order valence-electron chi connectivity index (χ0n) is 13.1. The summed E-state index contributed by atoms with van der Waals surface area (Å²) in [5.41, 5.74) is 0.882. The van der Waals surface area contributed by atoms with Crippen LogP contribution in [0.5, 0.6) is 0 Å². The highest BCUT2D eigenvalue weighted by Crippen LogP contribution is 2.33. The van der Waals surface area contributed by atoms with Crippen molar-refractivity contribution in [1.82, 2.24) is 9.97 Å². The number of ether oxygens (including phenoxy) is 1. The van der Waals surface area contributed by atoms with Crippen LogP contribution in [0.25, 0.3) is 10.2 Å². The number of hydrogen-bond donors (Lipinski definition) is 1. The average molecular weight is 307 g/mol. The van der Waals surface area contributed by atoms with E-state index in [0.717, 1.165) is 28.1 Å². The summed E-state index contributed by atoms with van der Waals surface area (Å²) in [5.74, 6) is 1.01. The number of hydrogen-bond acceptors (Lipinski definition) is 6. The predicted octanol–water partition coefficient (Wildman–Crippen LogP) is 3.63. The highest BCUT2D eigenvalue weighted by atomic mass is 32.1. The number of thiophene rings is 1. The Morgan fingerprint density at radius 1 is 1.33 bits per heavy atom. The van der Waals surface area contributed by atoms with Gasteiger partial charge in [-0.3, -0.25) is 0 Å². The third kappa shape index (κ3) is 3.50. The summed E-state index contributed by atoms with van der Waals surface area (Å²) in [6.07, 6.45) is 1.39. The Labute approximate surface area is 128 Å². The zero-order valence-corrected chi connectivity index (χ0v) is 13.9. The second-order valence-corrected chi connectivity index (χ2v) is 6.69. The predicted molar refractivity (Wildman–Crippen MR) is 86.0 cm³/mol. The van der Waals surface area contributed by atoms with Crippen LogP contribution in [0.2, 0.25) is 0 Å². The molecule has 0 aliphatic rings. The summed E-state index contributed by atoms with van der Waals surface area (Å²) in [4.78, 5) is 22.1. The summed E-state index contributed by atoms with van der Waals surface area (Å²) in [7, 11) is 0. The molecule has 0 fully saturated rings. The van der Waals surface area contributed by atoms with Crippen LogP contribution in [0.1, 0.15) is 42.9 Å². The Morgan fingerprint density at radius 2 is 2.05 bits per heavy atom. The van der Waals surface area contributed by atoms with Gasteiger partial charge in [-0.2, -0.15) is 0 Å². The second kappa shape index (κ2) is 6.39. The Balaban J connectivity index is 2.41. The van der Waals surface area contributed by atoms with Gasteiger partial charge < -0.3 is 10.1 Å². The molecule has 1 N–H and O–H groups in total. The van der Waals surface area contributed by atoms with E-state index in [-0.39, 0.29) is 12.1 Å². The first-order valence-electron chi connectivity index (χ1n) is 7.09. The van der Waals surface area contributed by atoms with Gasteiger partial charge in [0.15, 0.2) is 0 Å². The lowest BCUT2D eigenvalue weighted by Gasteiger charge is -2.09. The van der Waals surface area contributed by atoms with Crippen LogP contribution in [-0.2, 0) is 4.74 Å². The Hall–Kier alpha value is -1.69. The average Bonchev–Trinajstić information content (AvgIpc) is 2.74. The number of aryl methyl sites for hydroxylation is 1. The number of nitrogens with one attached hydrogen (secondary N) is 1. The van der Waals surface area contributed by atoms with E-state index >= 15 is 0 Å². The first kappa shape index (κ1) is 15.7. The molecule has 2 aromatic rings. The van der Waals surface area contributed by atoms with Crippen molar-refractivity contribution in [2.75, 3.05) is 11.9 Å². The minimum atomic E-state index is -0.291. The summed E-state index contributed by atoms with van der Waals surface area (Å²) >= 11 is 1.36. The van der Waals surface area contributed by atoms with Crippen molar-refractivity contribution < 1.29 is 9.53 Å². The molecular formula is C15H21N3O2S. The van der Waals surface area contributed by atoms with Crippen LogP contribution in [-0.4, -0.2) is 28.6 Å². The molecule has 21 heavy (non-hydrogen) atoms. The first-order chi connectivity index (χ1) is 9.90. The molecule has 0 spiro atoms.